The molecule has 0 atom stereocenters. The Balaban J connectivity index is 1.94. The number of nitrogen functional groups attached to an aromatic ring is 1. The summed E-state index contributed by atoms with van der Waals surface area (Å²) in [5.74, 6) is 0.383. The Bertz CT molecular complexity index is 892. The zero-order chi connectivity index (χ0) is 18.7. The molecule has 1 aliphatic heterocycles. The van der Waals surface area contributed by atoms with Gasteiger partial charge in [0.2, 0.25) is 5.91 Å². The van der Waals surface area contributed by atoms with Crippen LogP contribution in [0.1, 0.15) is 36.1 Å². The van der Waals surface area contributed by atoms with Crippen molar-refractivity contribution in [1.82, 2.24) is 4.90 Å². The number of benzene rings is 2. The van der Waals surface area contributed by atoms with Crippen LogP contribution in [0, 0.1) is 17.2 Å². The molecule has 2 aromatic rings. The summed E-state index contributed by atoms with van der Waals surface area (Å²) < 4.78 is 0. The van der Waals surface area contributed by atoms with Crippen molar-refractivity contribution in [3.8, 4) is 6.07 Å². The minimum absolute atomic E-state index is 0.0225. The molecule has 0 saturated carbocycles. The molecule has 1 heterocycles. The summed E-state index contributed by atoms with van der Waals surface area (Å²) in [5, 5.41) is 9.58. The third-order valence-electron chi connectivity index (χ3n) is 4.59. The Kier molecular flexibility index (Phi) is 5.09. The third-order valence-corrected chi connectivity index (χ3v) is 4.59. The zero-order valence-electron chi connectivity index (χ0n) is 15.2. The fourth-order valence-corrected chi connectivity index (χ4v) is 3.41. The number of hydrogen-bond donors (Lipinski definition) is 1. The van der Waals surface area contributed by atoms with E-state index in [1.54, 1.807) is 23.1 Å². The summed E-state index contributed by atoms with van der Waals surface area (Å²) in [6, 6.07) is 15.7. The van der Waals surface area contributed by atoms with Crippen LogP contribution >= 0.6 is 0 Å². The minimum atomic E-state index is -0.0225. The minimum Gasteiger partial charge on any atom is -0.398 e. The second-order valence-corrected chi connectivity index (χ2v) is 7.12. The lowest BCUT2D eigenvalue weighted by Gasteiger charge is -2.20. The van der Waals surface area contributed by atoms with Crippen molar-refractivity contribution in [1.29, 1.82) is 5.26 Å². The molecule has 0 unspecified atom stereocenters. The highest BCUT2D eigenvalue weighted by atomic mass is 16.2. The number of anilines is 1. The molecule has 0 bridgehead atoms. The topological polar surface area (TPSA) is 70.1 Å². The van der Waals surface area contributed by atoms with Gasteiger partial charge in [-0.15, -0.1) is 0 Å². The Morgan fingerprint density at radius 3 is 2.58 bits per heavy atom. The first-order valence-corrected chi connectivity index (χ1v) is 8.84. The van der Waals surface area contributed by atoms with Crippen molar-refractivity contribution in [2.45, 2.75) is 26.8 Å². The third kappa shape index (κ3) is 3.62. The molecule has 0 aliphatic carbocycles. The van der Waals surface area contributed by atoms with E-state index < -0.39 is 0 Å². The van der Waals surface area contributed by atoms with E-state index in [0.717, 1.165) is 28.7 Å². The lowest BCUT2D eigenvalue weighted by atomic mass is 9.89. The smallest absolute Gasteiger partial charge is 0.247 e. The molecule has 4 nitrogen and oxygen atoms in total. The molecule has 0 spiro atoms. The van der Waals surface area contributed by atoms with Crippen LogP contribution in [-0.4, -0.2) is 17.4 Å². The average Bonchev–Trinajstić information content (AvgIpc) is 2.97. The Labute approximate surface area is 154 Å². The van der Waals surface area contributed by atoms with Gasteiger partial charge in [-0.1, -0.05) is 44.2 Å². The van der Waals surface area contributed by atoms with Crippen molar-refractivity contribution >= 4 is 17.2 Å². The van der Waals surface area contributed by atoms with Crippen LogP contribution in [0.4, 0.5) is 5.69 Å². The number of nitrogens with zero attached hydrogens (tertiary/aromatic N) is 2. The summed E-state index contributed by atoms with van der Waals surface area (Å²) in [4.78, 5) is 14.3. The van der Waals surface area contributed by atoms with Gasteiger partial charge in [-0.2, -0.15) is 5.26 Å². The summed E-state index contributed by atoms with van der Waals surface area (Å²) in [6.45, 7) is 5.30. The van der Waals surface area contributed by atoms with E-state index in [1.165, 1.54) is 0 Å². The van der Waals surface area contributed by atoms with E-state index in [2.05, 4.69) is 19.9 Å². The lowest BCUT2D eigenvalue weighted by Crippen LogP contribution is -2.25. The molecule has 1 aliphatic rings. The molecule has 2 N–H and O–H groups in total. The van der Waals surface area contributed by atoms with Crippen LogP contribution in [0.2, 0.25) is 0 Å². The van der Waals surface area contributed by atoms with Crippen molar-refractivity contribution in [3.63, 3.8) is 0 Å². The first-order chi connectivity index (χ1) is 12.5. The average molecular weight is 345 g/mol. The van der Waals surface area contributed by atoms with E-state index in [0.29, 0.717) is 30.3 Å². The maximum absolute atomic E-state index is 12.5. The summed E-state index contributed by atoms with van der Waals surface area (Å²) in [5.41, 5.74) is 11.3. The van der Waals surface area contributed by atoms with Gasteiger partial charge in [-0.3, -0.25) is 4.79 Å². The molecular weight excluding hydrogens is 322 g/mol. The van der Waals surface area contributed by atoms with Gasteiger partial charge in [0.05, 0.1) is 11.6 Å². The van der Waals surface area contributed by atoms with Crippen molar-refractivity contribution in [3.05, 3.63) is 70.8 Å². The van der Waals surface area contributed by atoms with Crippen LogP contribution in [0.5, 0.6) is 0 Å². The number of carbonyl (C=O) groups is 1. The highest BCUT2D eigenvalue weighted by Crippen LogP contribution is 2.33. The van der Waals surface area contributed by atoms with Gasteiger partial charge in [-0.05, 0) is 41.2 Å². The highest BCUT2D eigenvalue weighted by Gasteiger charge is 2.26. The molecule has 3 rings (SSSR count). The quantitative estimate of drug-likeness (QED) is 0.839. The summed E-state index contributed by atoms with van der Waals surface area (Å²) >= 11 is 0. The fraction of sp³-hybridized carbons (Fsp3) is 0.273. The monoisotopic (exact) mass is 345 g/mol. The predicted octanol–water partition coefficient (Wildman–Crippen LogP) is 3.76. The van der Waals surface area contributed by atoms with Crippen LogP contribution in [0.25, 0.3) is 5.57 Å². The maximum Gasteiger partial charge on any atom is 0.247 e. The number of hydrogen-bond acceptors (Lipinski definition) is 3. The van der Waals surface area contributed by atoms with Crippen LogP contribution in [0.3, 0.4) is 0 Å². The van der Waals surface area contributed by atoms with Crippen molar-refractivity contribution in [2.75, 3.05) is 12.3 Å². The number of nitriles is 1. The van der Waals surface area contributed by atoms with Gasteiger partial charge in [-0.25, -0.2) is 0 Å². The number of nitrogens with two attached hydrogens (primary N) is 1. The standard InChI is InChI=1S/C22H23N3O/c1-15(2)10-19-20(24)9-8-17(12-23)22(19)18-11-21(26)25(14-18)13-16-6-4-3-5-7-16/h3-9,11,15H,10,13-14,24H2,1-2H3. The van der Waals surface area contributed by atoms with Gasteiger partial charge < -0.3 is 10.6 Å². The lowest BCUT2D eigenvalue weighted by molar-refractivity contribution is -0.125. The zero-order valence-corrected chi connectivity index (χ0v) is 15.2. The molecule has 0 fully saturated rings. The first kappa shape index (κ1) is 17.8. The molecule has 132 valence electrons. The summed E-state index contributed by atoms with van der Waals surface area (Å²) in [6.07, 6.45) is 2.43. The van der Waals surface area contributed by atoms with Gasteiger partial charge in [0, 0.05) is 30.4 Å². The van der Waals surface area contributed by atoms with E-state index in [4.69, 9.17) is 5.73 Å². The summed E-state index contributed by atoms with van der Waals surface area (Å²) in [7, 11) is 0. The Hall–Kier alpha value is -3.06. The number of amides is 1. The maximum atomic E-state index is 12.5. The fourth-order valence-electron chi connectivity index (χ4n) is 3.41. The molecular formula is C22H23N3O. The second-order valence-electron chi connectivity index (χ2n) is 7.12. The van der Waals surface area contributed by atoms with E-state index in [-0.39, 0.29) is 5.91 Å². The van der Waals surface area contributed by atoms with Crippen LogP contribution < -0.4 is 5.73 Å². The van der Waals surface area contributed by atoms with E-state index >= 15 is 0 Å². The largest absolute Gasteiger partial charge is 0.398 e. The Morgan fingerprint density at radius 1 is 1.19 bits per heavy atom. The molecule has 1 amide bonds. The second kappa shape index (κ2) is 7.45. The van der Waals surface area contributed by atoms with Crippen molar-refractivity contribution in [2.24, 2.45) is 5.92 Å². The molecule has 4 heteroatoms. The molecule has 2 aromatic carbocycles. The van der Waals surface area contributed by atoms with Crippen molar-refractivity contribution < 1.29 is 4.79 Å². The normalized spacial score (nSPS) is 13.8. The van der Waals surface area contributed by atoms with Gasteiger partial charge in [0.15, 0.2) is 0 Å². The SMILES string of the molecule is CC(C)Cc1c(N)ccc(C#N)c1C1=CC(=O)N(Cc2ccccc2)C1. The van der Waals surface area contributed by atoms with Gasteiger partial charge in [0.1, 0.15) is 0 Å². The number of carbonyl (C=O) groups excluding carboxylic acids is 1. The molecule has 0 radical (unpaired) electrons. The highest BCUT2D eigenvalue weighted by molar-refractivity contribution is 6.02. The molecule has 0 saturated heterocycles. The molecule has 26 heavy (non-hydrogen) atoms. The van der Waals surface area contributed by atoms with E-state index in [1.807, 2.05) is 30.3 Å². The predicted molar refractivity (Wildman–Crippen MR) is 104 cm³/mol. The van der Waals surface area contributed by atoms with Gasteiger partial charge in [0.25, 0.3) is 0 Å². The number of rotatable bonds is 5. The Morgan fingerprint density at radius 2 is 1.92 bits per heavy atom. The van der Waals surface area contributed by atoms with Crippen LogP contribution in [-0.2, 0) is 17.8 Å². The van der Waals surface area contributed by atoms with Crippen LogP contribution in [0.15, 0.2) is 48.5 Å². The molecule has 0 aromatic heterocycles. The van der Waals surface area contributed by atoms with Gasteiger partial charge >= 0.3 is 0 Å². The van der Waals surface area contributed by atoms with E-state index in [9.17, 15) is 10.1 Å². The first-order valence-electron chi connectivity index (χ1n) is 8.84.